The monoisotopic (exact) mass is 292 g/mol. The summed E-state index contributed by atoms with van der Waals surface area (Å²) in [6.07, 6.45) is 1.23. The molecule has 1 aromatic rings. The molecule has 1 aliphatic rings. The molecule has 0 spiro atoms. The minimum Gasteiger partial charge on any atom is -0.339 e. The van der Waals surface area contributed by atoms with Crippen molar-refractivity contribution in [3.05, 3.63) is 35.6 Å². The minimum absolute atomic E-state index is 0.0295. The van der Waals surface area contributed by atoms with Crippen LogP contribution in [0.1, 0.15) is 25.3 Å². The average Bonchev–Trinajstić information content (AvgIpc) is 2.53. The number of aryl methyl sites for hydroxylation is 1. The molecule has 0 radical (unpaired) electrons. The van der Waals surface area contributed by atoms with E-state index in [9.17, 15) is 14.0 Å². The third-order valence-corrected chi connectivity index (χ3v) is 3.85. The molecule has 1 aliphatic heterocycles. The van der Waals surface area contributed by atoms with E-state index in [1.807, 2.05) is 6.92 Å². The van der Waals surface area contributed by atoms with E-state index in [1.54, 1.807) is 28.0 Å². The number of carbonyl (C=O) groups excluding carboxylic acids is 2. The number of nitrogens with zero attached hydrogens (tertiary/aromatic N) is 2. The largest absolute Gasteiger partial charge is 0.339 e. The van der Waals surface area contributed by atoms with Gasteiger partial charge >= 0.3 is 0 Å². The lowest BCUT2D eigenvalue weighted by molar-refractivity contribution is -0.139. The van der Waals surface area contributed by atoms with Crippen LogP contribution in [-0.4, -0.2) is 47.8 Å². The van der Waals surface area contributed by atoms with E-state index in [4.69, 9.17) is 0 Å². The second-order valence-corrected chi connectivity index (χ2v) is 5.21. The molecule has 2 rings (SSSR count). The zero-order valence-electron chi connectivity index (χ0n) is 12.3. The van der Waals surface area contributed by atoms with Crippen LogP contribution < -0.4 is 0 Å². The first-order valence-electron chi connectivity index (χ1n) is 7.40. The summed E-state index contributed by atoms with van der Waals surface area (Å²) in [5, 5.41) is 0. The summed E-state index contributed by atoms with van der Waals surface area (Å²) in [7, 11) is 0. The van der Waals surface area contributed by atoms with Gasteiger partial charge in [-0.25, -0.2) is 4.39 Å². The highest BCUT2D eigenvalue weighted by molar-refractivity contribution is 5.78. The Morgan fingerprint density at radius 1 is 1.05 bits per heavy atom. The summed E-state index contributed by atoms with van der Waals surface area (Å²) < 4.78 is 13.5. The maximum absolute atomic E-state index is 13.5. The molecule has 1 fully saturated rings. The van der Waals surface area contributed by atoms with Crippen molar-refractivity contribution < 1.29 is 14.0 Å². The lowest BCUT2D eigenvalue weighted by Crippen LogP contribution is -2.50. The Hall–Kier alpha value is -1.91. The normalized spacial score (nSPS) is 15.1. The first-order chi connectivity index (χ1) is 10.1. The van der Waals surface area contributed by atoms with Crippen LogP contribution in [0.25, 0.3) is 0 Å². The molecular weight excluding hydrogens is 271 g/mol. The van der Waals surface area contributed by atoms with Gasteiger partial charge in [0.1, 0.15) is 5.82 Å². The van der Waals surface area contributed by atoms with Gasteiger partial charge in [0.05, 0.1) is 0 Å². The number of amides is 2. The number of rotatable bonds is 4. The zero-order valence-corrected chi connectivity index (χ0v) is 12.3. The Kier molecular flexibility index (Phi) is 5.31. The predicted octanol–water partition coefficient (Wildman–Crippen LogP) is 1.84. The molecule has 0 atom stereocenters. The Bertz CT molecular complexity index is 511. The summed E-state index contributed by atoms with van der Waals surface area (Å²) in [5.74, 6) is -0.0982. The smallest absolute Gasteiger partial charge is 0.223 e. The number of piperazine rings is 1. The van der Waals surface area contributed by atoms with Gasteiger partial charge in [-0.3, -0.25) is 9.59 Å². The highest BCUT2D eigenvalue weighted by atomic mass is 19.1. The van der Waals surface area contributed by atoms with Gasteiger partial charge in [-0.15, -0.1) is 0 Å². The van der Waals surface area contributed by atoms with Crippen molar-refractivity contribution in [1.29, 1.82) is 0 Å². The van der Waals surface area contributed by atoms with Crippen LogP contribution >= 0.6 is 0 Å². The van der Waals surface area contributed by atoms with Crippen molar-refractivity contribution in [3.63, 3.8) is 0 Å². The van der Waals surface area contributed by atoms with Gasteiger partial charge in [0.2, 0.25) is 11.8 Å². The molecule has 1 heterocycles. The topological polar surface area (TPSA) is 40.6 Å². The van der Waals surface area contributed by atoms with Gasteiger partial charge in [0.25, 0.3) is 0 Å². The van der Waals surface area contributed by atoms with Crippen molar-refractivity contribution in [2.75, 3.05) is 26.2 Å². The van der Waals surface area contributed by atoms with Crippen LogP contribution in [0.5, 0.6) is 0 Å². The molecule has 0 aromatic heterocycles. The number of carbonyl (C=O) groups is 2. The fraction of sp³-hybridized carbons (Fsp3) is 0.500. The lowest BCUT2D eigenvalue weighted by atomic mass is 10.1. The van der Waals surface area contributed by atoms with Gasteiger partial charge in [-0.2, -0.15) is 0 Å². The second-order valence-electron chi connectivity index (χ2n) is 5.21. The molecule has 114 valence electrons. The summed E-state index contributed by atoms with van der Waals surface area (Å²) in [6, 6.07) is 6.54. The van der Waals surface area contributed by atoms with Crippen LogP contribution in [0.2, 0.25) is 0 Å². The third-order valence-electron chi connectivity index (χ3n) is 3.85. The zero-order chi connectivity index (χ0) is 15.2. The van der Waals surface area contributed by atoms with Crippen molar-refractivity contribution >= 4 is 11.8 Å². The Morgan fingerprint density at radius 2 is 1.62 bits per heavy atom. The summed E-state index contributed by atoms with van der Waals surface area (Å²) in [5.41, 5.74) is 0.575. The van der Waals surface area contributed by atoms with Crippen LogP contribution in [0.4, 0.5) is 4.39 Å². The van der Waals surface area contributed by atoms with E-state index in [0.29, 0.717) is 51.0 Å². The van der Waals surface area contributed by atoms with Crippen molar-refractivity contribution in [1.82, 2.24) is 9.80 Å². The molecule has 0 bridgehead atoms. The van der Waals surface area contributed by atoms with Crippen molar-refractivity contribution in [2.45, 2.75) is 26.2 Å². The molecule has 1 saturated heterocycles. The summed E-state index contributed by atoms with van der Waals surface area (Å²) >= 11 is 0. The van der Waals surface area contributed by atoms with Crippen molar-refractivity contribution in [2.24, 2.45) is 0 Å². The third kappa shape index (κ3) is 4.03. The van der Waals surface area contributed by atoms with E-state index in [2.05, 4.69) is 0 Å². The fourth-order valence-corrected chi connectivity index (χ4v) is 2.53. The number of hydrogen-bond acceptors (Lipinski definition) is 2. The van der Waals surface area contributed by atoms with Gasteiger partial charge in [-0.1, -0.05) is 25.1 Å². The maximum Gasteiger partial charge on any atom is 0.223 e. The standard InChI is InChI=1S/C16H21FN2O2/c1-2-15(20)18-9-11-19(12-10-18)16(21)8-7-13-5-3-4-6-14(13)17/h3-6H,2,7-12H2,1H3. The molecule has 2 amide bonds. The predicted molar refractivity (Wildman–Crippen MR) is 78.2 cm³/mol. The van der Waals surface area contributed by atoms with E-state index in [1.165, 1.54) is 6.07 Å². The summed E-state index contributed by atoms with van der Waals surface area (Å²) in [4.78, 5) is 27.3. The Labute approximate surface area is 124 Å². The van der Waals surface area contributed by atoms with Crippen LogP contribution in [0, 0.1) is 5.82 Å². The fourth-order valence-electron chi connectivity index (χ4n) is 2.53. The van der Waals surface area contributed by atoms with Gasteiger partial charge in [0.15, 0.2) is 0 Å². The molecule has 0 saturated carbocycles. The van der Waals surface area contributed by atoms with Crippen molar-refractivity contribution in [3.8, 4) is 0 Å². The maximum atomic E-state index is 13.5. The molecule has 0 unspecified atom stereocenters. The highest BCUT2D eigenvalue weighted by Gasteiger charge is 2.23. The van der Waals surface area contributed by atoms with E-state index >= 15 is 0 Å². The minimum atomic E-state index is -0.260. The first kappa shape index (κ1) is 15.5. The van der Waals surface area contributed by atoms with E-state index in [0.717, 1.165) is 0 Å². The molecule has 21 heavy (non-hydrogen) atoms. The van der Waals surface area contributed by atoms with Gasteiger partial charge < -0.3 is 9.80 Å². The van der Waals surface area contributed by atoms with Gasteiger partial charge in [0, 0.05) is 39.0 Å². The quantitative estimate of drug-likeness (QED) is 0.849. The summed E-state index contributed by atoms with van der Waals surface area (Å²) in [6.45, 7) is 4.17. The molecule has 5 heteroatoms. The average molecular weight is 292 g/mol. The van der Waals surface area contributed by atoms with Crippen LogP contribution in [-0.2, 0) is 16.0 Å². The second kappa shape index (κ2) is 7.20. The molecule has 0 aliphatic carbocycles. The van der Waals surface area contributed by atoms with E-state index < -0.39 is 0 Å². The van der Waals surface area contributed by atoms with Crippen LogP contribution in [0.3, 0.4) is 0 Å². The van der Waals surface area contributed by atoms with Crippen LogP contribution in [0.15, 0.2) is 24.3 Å². The van der Waals surface area contributed by atoms with Gasteiger partial charge in [-0.05, 0) is 18.1 Å². The molecule has 1 aromatic carbocycles. The highest BCUT2D eigenvalue weighted by Crippen LogP contribution is 2.11. The Balaban J connectivity index is 1.80. The molecule has 0 N–H and O–H groups in total. The first-order valence-corrected chi connectivity index (χ1v) is 7.40. The van der Waals surface area contributed by atoms with E-state index in [-0.39, 0.29) is 17.6 Å². The SMILES string of the molecule is CCC(=O)N1CCN(C(=O)CCc2ccccc2F)CC1. The number of benzene rings is 1. The number of halogens is 1. The number of hydrogen-bond donors (Lipinski definition) is 0. The molecular formula is C16H21FN2O2. The lowest BCUT2D eigenvalue weighted by Gasteiger charge is -2.34. The Morgan fingerprint density at radius 3 is 2.19 bits per heavy atom. The molecule has 4 nitrogen and oxygen atoms in total.